The summed E-state index contributed by atoms with van der Waals surface area (Å²) < 4.78 is 19.5. The highest BCUT2D eigenvalue weighted by atomic mass is 32.1. The summed E-state index contributed by atoms with van der Waals surface area (Å²) >= 11 is 1.37. The Bertz CT molecular complexity index is 1210. The van der Waals surface area contributed by atoms with Crippen LogP contribution in [0.4, 0.5) is 9.52 Å². The van der Waals surface area contributed by atoms with Gasteiger partial charge in [0.05, 0.1) is 22.3 Å². The summed E-state index contributed by atoms with van der Waals surface area (Å²) in [7, 11) is 0. The number of aryl methyl sites for hydroxylation is 1. The number of anilines is 1. The van der Waals surface area contributed by atoms with Gasteiger partial charge < -0.3 is 4.52 Å². The second-order valence-electron chi connectivity index (χ2n) is 6.66. The summed E-state index contributed by atoms with van der Waals surface area (Å²) in [5.41, 5.74) is 1.58. The topological polar surface area (TPSA) is 93.8 Å². The first-order chi connectivity index (χ1) is 13.6. The number of hydrogen-bond donors (Lipinski definition) is 1. The second-order valence-corrected chi connectivity index (χ2v) is 7.67. The zero-order chi connectivity index (χ0) is 19.3. The molecule has 0 unspecified atom stereocenters. The van der Waals surface area contributed by atoms with E-state index in [2.05, 4.69) is 25.7 Å². The minimum atomic E-state index is -0.435. The number of nitrogens with zero attached hydrogens (tertiary/aromatic N) is 4. The van der Waals surface area contributed by atoms with Gasteiger partial charge in [0.1, 0.15) is 10.8 Å². The summed E-state index contributed by atoms with van der Waals surface area (Å²) in [4.78, 5) is 17.3. The first kappa shape index (κ1) is 16.9. The number of rotatable bonds is 4. The fourth-order valence-electron chi connectivity index (χ4n) is 3.03. The lowest BCUT2D eigenvalue weighted by molar-refractivity contribution is 0.102. The molecule has 1 N–H and O–H groups in total. The molecule has 28 heavy (non-hydrogen) atoms. The normalized spacial score (nSPS) is 13.8. The third-order valence-electron chi connectivity index (χ3n) is 4.60. The number of benzene rings is 1. The standard InChI is InChI=1S/C19H14FN5O2S/c1-9-15-12(16(26)22-19-24-23-18(28-19)10-6-7-10)8-14(21-17(15)27-25-9)11-4-2-3-5-13(11)20/h2-5,8,10H,6-7H2,1H3,(H,22,24,26). The van der Waals surface area contributed by atoms with Gasteiger partial charge in [0.25, 0.3) is 11.6 Å². The van der Waals surface area contributed by atoms with Crippen molar-refractivity contribution in [2.24, 2.45) is 0 Å². The van der Waals surface area contributed by atoms with Crippen molar-refractivity contribution in [1.29, 1.82) is 0 Å². The van der Waals surface area contributed by atoms with E-state index in [0.29, 0.717) is 33.4 Å². The van der Waals surface area contributed by atoms with E-state index in [1.807, 2.05) is 0 Å². The maximum Gasteiger partial charge on any atom is 0.259 e. The van der Waals surface area contributed by atoms with Gasteiger partial charge in [-0.05, 0) is 38.0 Å². The van der Waals surface area contributed by atoms with Crippen LogP contribution in [0, 0.1) is 12.7 Å². The Morgan fingerprint density at radius 2 is 2.11 bits per heavy atom. The number of aromatic nitrogens is 4. The lowest BCUT2D eigenvalue weighted by Gasteiger charge is -2.07. The Hall–Kier alpha value is -3.20. The van der Waals surface area contributed by atoms with Crippen LogP contribution in [0.3, 0.4) is 0 Å². The van der Waals surface area contributed by atoms with Crippen molar-refractivity contribution < 1.29 is 13.7 Å². The Morgan fingerprint density at radius 1 is 1.29 bits per heavy atom. The van der Waals surface area contributed by atoms with E-state index >= 15 is 0 Å². The fourth-order valence-corrected chi connectivity index (χ4v) is 3.93. The highest BCUT2D eigenvalue weighted by Gasteiger charge is 2.28. The molecule has 140 valence electrons. The number of amides is 1. The largest absolute Gasteiger partial charge is 0.335 e. The van der Waals surface area contributed by atoms with E-state index in [9.17, 15) is 9.18 Å². The maximum atomic E-state index is 14.2. The Balaban J connectivity index is 1.57. The molecule has 0 bridgehead atoms. The fraction of sp³-hybridized carbons (Fsp3) is 0.211. The van der Waals surface area contributed by atoms with Crippen molar-refractivity contribution in [3.8, 4) is 11.3 Å². The molecule has 0 spiro atoms. The predicted octanol–water partition coefficient (Wildman–Crippen LogP) is 4.32. The SMILES string of the molecule is Cc1noc2nc(-c3ccccc3F)cc(C(=O)Nc3nnc(C4CC4)s3)c12. The molecule has 1 amide bonds. The van der Waals surface area contributed by atoms with Gasteiger partial charge in [0.2, 0.25) is 5.13 Å². The molecule has 3 aromatic heterocycles. The lowest BCUT2D eigenvalue weighted by Crippen LogP contribution is -2.13. The quantitative estimate of drug-likeness (QED) is 0.553. The van der Waals surface area contributed by atoms with E-state index in [0.717, 1.165) is 17.8 Å². The van der Waals surface area contributed by atoms with Crippen LogP contribution in [0.5, 0.6) is 0 Å². The van der Waals surface area contributed by atoms with Gasteiger partial charge in [-0.25, -0.2) is 9.37 Å². The number of fused-ring (bicyclic) bond motifs is 1. The smallest absolute Gasteiger partial charge is 0.259 e. The average Bonchev–Trinajstić information content (AvgIpc) is 3.33. The van der Waals surface area contributed by atoms with E-state index in [1.54, 1.807) is 31.2 Å². The molecule has 1 saturated carbocycles. The summed E-state index contributed by atoms with van der Waals surface area (Å²) in [6.45, 7) is 1.73. The van der Waals surface area contributed by atoms with Crippen molar-refractivity contribution in [3.05, 3.63) is 52.4 Å². The van der Waals surface area contributed by atoms with Crippen molar-refractivity contribution >= 4 is 33.5 Å². The first-order valence-electron chi connectivity index (χ1n) is 8.77. The molecule has 1 aliphatic carbocycles. The molecule has 0 radical (unpaired) electrons. The van der Waals surface area contributed by atoms with Crippen LogP contribution >= 0.6 is 11.3 Å². The second kappa shape index (κ2) is 6.45. The molecule has 5 rings (SSSR count). The molecule has 7 nitrogen and oxygen atoms in total. The zero-order valence-electron chi connectivity index (χ0n) is 14.8. The highest BCUT2D eigenvalue weighted by Crippen LogP contribution is 2.42. The number of nitrogens with one attached hydrogen (secondary N) is 1. The monoisotopic (exact) mass is 395 g/mol. The Morgan fingerprint density at radius 3 is 2.89 bits per heavy atom. The average molecular weight is 395 g/mol. The van der Waals surface area contributed by atoms with E-state index in [1.165, 1.54) is 17.4 Å². The van der Waals surface area contributed by atoms with E-state index in [-0.39, 0.29) is 11.3 Å². The van der Waals surface area contributed by atoms with E-state index < -0.39 is 11.7 Å². The number of carbonyl (C=O) groups excluding carboxylic acids is 1. The van der Waals surface area contributed by atoms with Crippen LogP contribution in [-0.2, 0) is 0 Å². The molecular weight excluding hydrogens is 381 g/mol. The van der Waals surface area contributed by atoms with Crippen LogP contribution in [0.25, 0.3) is 22.4 Å². The lowest BCUT2D eigenvalue weighted by atomic mass is 10.0. The van der Waals surface area contributed by atoms with Crippen LogP contribution in [0.1, 0.15) is 39.8 Å². The summed E-state index contributed by atoms with van der Waals surface area (Å²) in [6.07, 6.45) is 2.22. The van der Waals surface area contributed by atoms with Crippen LogP contribution in [-0.4, -0.2) is 26.2 Å². The predicted molar refractivity (Wildman–Crippen MR) is 102 cm³/mol. The van der Waals surface area contributed by atoms with Gasteiger partial charge in [0.15, 0.2) is 0 Å². The van der Waals surface area contributed by atoms with Gasteiger partial charge >= 0.3 is 0 Å². The van der Waals surface area contributed by atoms with Crippen molar-refractivity contribution in [3.63, 3.8) is 0 Å². The Labute approximate surface area is 162 Å². The summed E-state index contributed by atoms with van der Waals surface area (Å²) in [5.74, 6) is -0.367. The molecule has 3 heterocycles. The zero-order valence-corrected chi connectivity index (χ0v) is 15.6. The molecule has 1 aromatic carbocycles. The molecule has 0 atom stereocenters. The van der Waals surface area contributed by atoms with Gasteiger partial charge in [-0.15, -0.1) is 10.2 Å². The molecule has 1 aliphatic rings. The third kappa shape index (κ3) is 2.93. The molecule has 0 aliphatic heterocycles. The van der Waals surface area contributed by atoms with Gasteiger partial charge in [-0.3, -0.25) is 10.1 Å². The Kier molecular flexibility index (Phi) is 3.90. The van der Waals surface area contributed by atoms with Crippen LogP contribution in [0.15, 0.2) is 34.9 Å². The first-order valence-corrected chi connectivity index (χ1v) is 9.58. The number of halogens is 1. The molecule has 4 aromatic rings. The van der Waals surface area contributed by atoms with E-state index in [4.69, 9.17) is 4.52 Å². The van der Waals surface area contributed by atoms with Gasteiger partial charge in [-0.2, -0.15) is 0 Å². The van der Waals surface area contributed by atoms with Gasteiger partial charge in [-0.1, -0.05) is 28.6 Å². The summed E-state index contributed by atoms with van der Waals surface area (Å²) in [5, 5.41) is 16.7. The summed E-state index contributed by atoms with van der Waals surface area (Å²) in [6, 6.07) is 7.78. The van der Waals surface area contributed by atoms with Crippen LogP contribution in [0.2, 0.25) is 0 Å². The molecule has 9 heteroatoms. The molecule has 0 saturated heterocycles. The molecule has 1 fully saturated rings. The minimum absolute atomic E-state index is 0.180. The van der Waals surface area contributed by atoms with Crippen molar-refractivity contribution in [2.45, 2.75) is 25.7 Å². The number of carbonyl (C=O) groups is 1. The number of hydrogen-bond acceptors (Lipinski definition) is 7. The van der Waals surface area contributed by atoms with Crippen molar-refractivity contribution in [1.82, 2.24) is 20.3 Å². The number of pyridine rings is 1. The van der Waals surface area contributed by atoms with Gasteiger partial charge in [0, 0.05) is 11.5 Å². The molecular formula is C19H14FN5O2S. The maximum absolute atomic E-state index is 14.2. The van der Waals surface area contributed by atoms with Crippen LogP contribution < -0.4 is 5.32 Å². The minimum Gasteiger partial charge on any atom is -0.335 e. The third-order valence-corrected chi connectivity index (χ3v) is 5.60. The highest BCUT2D eigenvalue weighted by molar-refractivity contribution is 7.15. The van der Waals surface area contributed by atoms with Crippen molar-refractivity contribution in [2.75, 3.05) is 5.32 Å².